The Morgan fingerprint density at radius 2 is 2.12 bits per heavy atom. The van der Waals surface area contributed by atoms with Gasteiger partial charge in [-0.05, 0) is 44.1 Å². The van der Waals surface area contributed by atoms with Gasteiger partial charge in [0.1, 0.15) is 0 Å². The molecule has 1 aliphatic carbocycles. The van der Waals surface area contributed by atoms with Gasteiger partial charge in [0.25, 0.3) is 0 Å². The third-order valence-corrected chi connectivity index (χ3v) is 5.24. The number of thiophene rings is 1. The number of aromatic nitrogens is 2. The van der Waals surface area contributed by atoms with E-state index in [2.05, 4.69) is 9.97 Å². The van der Waals surface area contributed by atoms with Crippen molar-refractivity contribution in [2.45, 2.75) is 44.6 Å². The molecule has 24 heavy (non-hydrogen) atoms. The third kappa shape index (κ3) is 3.03. The van der Waals surface area contributed by atoms with Crippen LogP contribution in [-0.2, 0) is 4.79 Å². The van der Waals surface area contributed by atoms with E-state index in [1.54, 1.807) is 13.0 Å². The average molecular weight is 346 g/mol. The lowest BCUT2D eigenvalue weighted by Gasteiger charge is -2.33. The van der Waals surface area contributed by atoms with Gasteiger partial charge in [-0.3, -0.25) is 4.79 Å². The maximum absolute atomic E-state index is 11.7. The van der Waals surface area contributed by atoms with Crippen molar-refractivity contribution in [2.75, 3.05) is 0 Å². The van der Waals surface area contributed by atoms with E-state index in [9.17, 15) is 14.7 Å². The Labute approximate surface area is 143 Å². The van der Waals surface area contributed by atoms with Gasteiger partial charge in [-0.1, -0.05) is 6.42 Å². The second kappa shape index (κ2) is 6.68. The molecule has 2 aromatic heterocycles. The lowest BCUT2D eigenvalue weighted by Crippen LogP contribution is -2.46. The summed E-state index contributed by atoms with van der Waals surface area (Å²) in [6.07, 6.45) is 5.96. The van der Waals surface area contributed by atoms with Crippen molar-refractivity contribution < 1.29 is 19.4 Å². The van der Waals surface area contributed by atoms with Crippen molar-refractivity contribution in [1.29, 1.82) is 0 Å². The summed E-state index contributed by atoms with van der Waals surface area (Å²) in [5, 5.41) is 11.4. The fourth-order valence-corrected chi connectivity index (χ4v) is 3.76. The van der Waals surface area contributed by atoms with Crippen molar-refractivity contribution in [3.8, 4) is 16.5 Å². The third-order valence-electron chi connectivity index (χ3n) is 4.32. The van der Waals surface area contributed by atoms with Gasteiger partial charge in [0, 0.05) is 5.56 Å². The second-order valence-corrected chi connectivity index (χ2v) is 6.84. The zero-order valence-corrected chi connectivity index (χ0v) is 14.1. The molecule has 0 spiro atoms. The van der Waals surface area contributed by atoms with Crippen LogP contribution in [0.15, 0.2) is 17.6 Å². The Morgan fingerprint density at radius 1 is 1.38 bits per heavy atom. The number of carboxylic acid groups (broad SMARTS) is 1. The summed E-state index contributed by atoms with van der Waals surface area (Å²) in [4.78, 5) is 32.2. The molecule has 0 aromatic carbocycles. The number of aldehydes is 1. The highest BCUT2D eigenvalue weighted by molar-refractivity contribution is 7.13. The average Bonchev–Trinajstić information content (AvgIpc) is 3.06. The molecule has 1 saturated carbocycles. The SMILES string of the molecule is Cc1nc(-c2sccc2C=O)ncc1OC1(C(=O)O)CCCCC1. The Balaban J connectivity index is 1.90. The fraction of sp³-hybridized carbons (Fsp3) is 0.412. The zero-order valence-electron chi connectivity index (χ0n) is 13.3. The molecule has 1 fully saturated rings. The number of carboxylic acids is 1. The lowest BCUT2D eigenvalue weighted by atomic mass is 9.84. The normalized spacial score (nSPS) is 16.5. The van der Waals surface area contributed by atoms with Crippen LogP contribution in [0.4, 0.5) is 0 Å². The summed E-state index contributed by atoms with van der Waals surface area (Å²) in [7, 11) is 0. The Bertz CT molecular complexity index is 766. The highest BCUT2D eigenvalue weighted by atomic mass is 32.1. The summed E-state index contributed by atoms with van der Waals surface area (Å²) in [6.45, 7) is 1.76. The van der Waals surface area contributed by atoms with Crippen molar-refractivity contribution >= 4 is 23.6 Å². The van der Waals surface area contributed by atoms with Gasteiger partial charge in [-0.25, -0.2) is 14.8 Å². The van der Waals surface area contributed by atoms with Gasteiger partial charge in [0.2, 0.25) is 5.60 Å². The largest absolute Gasteiger partial charge is 0.478 e. The molecule has 0 atom stereocenters. The monoisotopic (exact) mass is 346 g/mol. The van der Waals surface area contributed by atoms with Gasteiger partial charge in [0.15, 0.2) is 17.9 Å². The predicted molar refractivity (Wildman–Crippen MR) is 89.5 cm³/mol. The first-order chi connectivity index (χ1) is 11.6. The lowest BCUT2D eigenvalue weighted by molar-refractivity contribution is -0.158. The molecule has 0 saturated heterocycles. The van der Waals surface area contributed by atoms with Gasteiger partial charge < -0.3 is 9.84 Å². The molecule has 0 amide bonds. The summed E-state index contributed by atoms with van der Waals surface area (Å²) >= 11 is 1.39. The van der Waals surface area contributed by atoms with Crippen LogP contribution >= 0.6 is 11.3 Å². The number of carbonyl (C=O) groups is 2. The first-order valence-corrected chi connectivity index (χ1v) is 8.73. The van der Waals surface area contributed by atoms with E-state index >= 15 is 0 Å². The van der Waals surface area contributed by atoms with Crippen LogP contribution in [0, 0.1) is 6.92 Å². The fourth-order valence-electron chi connectivity index (χ4n) is 2.95. The quantitative estimate of drug-likeness (QED) is 0.834. The minimum atomic E-state index is -1.19. The molecule has 0 unspecified atom stereocenters. The number of aliphatic carboxylic acids is 1. The Morgan fingerprint density at radius 3 is 2.75 bits per heavy atom. The number of nitrogens with zero attached hydrogens (tertiary/aromatic N) is 2. The summed E-state index contributed by atoms with van der Waals surface area (Å²) in [5.41, 5.74) is -0.0797. The van der Waals surface area contributed by atoms with E-state index in [1.807, 2.05) is 5.38 Å². The van der Waals surface area contributed by atoms with E-state index < -0.39 is 11.6 Å². The highest BCUT2D eigenvalue weighted by Crippen LogP contribution is 2.35. The van der Waals surface area contributed by atoms with Gasteiger partial charge >= 0.3 is 5.97 Å². The first kappa shape index (κ1) is 16.6. The molecule has 1 N–H and O–H groups in total. The summed E-state index contributed by atoms with van der Waals surface area (Å²) in [6, 6.07) is 1.72. The highest BCUT2D eigenvalue weighted by Gasteiger charge is 2.42. The van der Waals surface area contributed by atoms with Crippen LogP contribution in [0.2, 0.25) is 0 Å². The Hall–Kier alpha value is -2.28. The minimum Gasteiger partial charge on any atom is -0.478 e. The molecule has 1 aliphatic rings. The van der Waals surface area contributed by atoms with E-state index in [4.69, 9.17) is 4.74 Å². The molecule has 2 heterocycles. The van der Waals surface area contributed by atoms with E-state index in [0.717, 1.165) is 25.5 Å². The van der Waals surface area contributed by atoms with Crippen LogP contribution in [0.5, 0.6) is 5.75 Å². The number of ether oxygens (including phenoxy) is 1. The molecule has 7 heteroatoms. The summed E-state index contributed by atoms with van der Waals surface area (Å²) in [5.74, 6) is -0.107. The van der Waals surface area contributed by atoms with Crippen LogP contribution in [0.1, 0.15) is 48.2 Å². The van der Waals surface area contributed by atoms with E-state index in [1.165, 1.54) is 17.5 Å². The smallest absolute Gasteiger partial charge is 0.348 e. The number of hydrogen-bond donors (Lipinski definition) is 1. The number of hydrogen-bond acceptors (Lipinski definition) is 6. The number of rotatable bonds is 5. The van der Waals surface area contributed by atoms with Gasteiger partial charge in [-0.2, -0.15) is 0 Å². The Kier molecular flexibility index (Phi) is 4.62. The van der Waals surface area contributed by atoms with Crippen molar-refractivity contribution in [2.24, 2.45) is 0 Å². The molecule has 0 aliphatic heterocycles. The maximum atomic E-state index is 11.7. The number of aryl methyl sites for hydroxylation is 1. The van der Waals surface area contributed by atoms with E-state index in [0.29, 0.717) is 40.6 Å². The molecule has 0 radical (unpaired) electrons. The first-order valence-electron chi connectivity index (χ1n) is 7.85. The van der Waals surface area contributed by atoms with Crippen LogP contribution in [-0.4, -0.2) is 32.9 Å². The van der Waals surface area contributed by atoms with Crippen molar-refractivity contribution in [3.05, 3.63) is 28.9 Å². The molecule has 126 valence electrons. The molecule has 0 bridgehead atoms. The van der Waals surface area contributed by atoms with Crippen molar-refractivity contribution in [3.63, 3.8) is 0 Å². The zero-order chi connectivity index (χ0) is 17.2. The molecule has 6 nitrogen and oxygen atoms in total. The molecule has 3 rings (SSSR count). The van der Waals surface area contributed by atoms with Gasteiger partial charge in [-0.15, -0.1) is 11.3 Å². The second-order valence-electron chi connectivity index (χ2n) is 5.93. The maximum Gasteiger partial charge on any atom is 0.348 e. The summed E-state index contributed by atoms with van der Waals surface area (Å²) < 4.78 is 5.87. The standard InChI is InChI=1S/C17H18N2O4S/c1-11-13(23-17(16(21)22)6-3-2-4-7-17)9-18-15(19-11)14-12(10-20)5-8-24-14/h5,8-10H,2-4,6-7H2,1H3,(H,21,22). The number of carbonyl (C=O) groups excluding carboxylic acids is 1. The molecular weight excluding hydrogens is 328 g/mol. The van der Waals surface area contributed by atoms with Crippen molar-refractivity contribution in [1.82, 2.24) is 9.97 Å². The van der Waals surface area contributed by atoms with E-state index in [-0.39, 0.29) is 0 Å². The molecule has 2 aromatic rings. The van der Waals surface area contributed by atoms with Crippen LogP contribution in [0.25, 0.3) is 10.7 Å². The minimum absolute atomic E-state index is 0.382. The molecular formula is C17H18N2O4S. The van der Waals surface area contributed by atoms with Gasteiger partial charge in [0.05, 0.1) is 16.8 Å². The topological polar surface area (TPSA) is 89.4 Å². The van der Waals surface area contributed by atoms with Crippen LogP contribution in [0.3, 0.4) is 0 Å². The predicted octanol–water partition coefficient (Wildman–Crippen LogP) is 3.49. The van der Waals surface area contributed by atoms with Crippen LogP contribution < -0.4 is 4.74 Å².